The van der Waals surface area contributed by atoms with Crippen LogP contribution in [0.15, 0.2) is 18.2 Å². The molecule has 6 heteroatoms. The molecule has 6 nitrogen and oxygen atoms in total. The highest BCUT2D eigenvalue weighted by Crippen LogP contribution is 2.41. The molecule has 2 amide bonds. The van der Waals surface area contributed by atoms with Crippen LogP contribution in [0.5, 0.6) is 11.5 Å². The molecule has 1 aliphatic heterocycles. The lowest BCUT2D eigenvalue weighted by molar-refractivity contribution is -0.138. The predicted octanol–water partition coefficient (Wildman–Crippen LogP) is 2.79. The minimum atomic E-state index is -0.155. The van der Waals surface area contributed by atoms with Gasteiger partial charge in [-0.3, -0.25) is 9.59 Å². The molecule has 1 aromatic rings. The second-order valence-corrected chi connectivity index (χ2v) is 7.77. The van der Waals surface area contributed by atoms with Crippen molar-refractivity contribution in [1.29, 1.82) is 0 Å². The van der Waals surface area contributed by atoms with Crippen molar-refractivity contribution in [3.05, 3.63) is 23.8 Å². The summed E-state index contributed by atoms with van der Waals surface area (Å²) in [4.78, 5) is 27.3. The van der Waals surface area contributed by atoms with Crippen LogP contribution in [-0.4, -0.2) is 50.1 Å². The van der Waals surface area contributed by atoms with Gasteiger partial charge in [0.05, 0.1) is 26.1 Å². The van der Waals surface area contributed by atoms with Gasteiger partial charge in [-0.1, -0.05) is 13.0 Å². The van der Waals surface area contributed by atoms with E-state index in [1.54, 1.807) is 14.2 Å². The van der Waals surface area contributed by atoms with Gasteiger partial charge >= 0.3 is 0 Å². The molecule has 3 rings (SSSR count). The number of hydrogen-bond acceptors (Lipinski definition) is 4. The van der Waals surface area contributed by atoms with Crippen molar-refractivity contribution in [2.24, 2.45) is 11.8 Å². The molecular weight excluding hydrogens is 356 g/mol. The Morgan fingerprint density at radius 1 is 1.14 bits per heavy atom. The molecule has 0 aromatic heterocycles. The van der Waals surface area contributed by atoms with Crippen molar-refractivity contribution in [3.63, 3.8) is 0 Å². The average molecular weight is 389 g/mol. The Morgan fingerprint density at radius 3 is 2.64 bits per heavy atom. The van der Waals surface area contributed by atoms with Crippen molar-refractivity contribution < 1.29 is 19.1 Å². The third-order valence-electron chi connectivity index (χ3n) is 5.99. The number of benzene rings is 1. The van der Waals surface area contributed by atoms with E-state index in [4.69, 9.17) is 9.47 Å². The van der Waals surface area contributed by atoms with Crippen LogP contribution in [-0.2, 0) is 16.0 Å². The highest BCUT2D eigenvalue weighted by atomic mass is 16.5. The molecule has 154 valence electrons. The topological polar surface area (TPSA) is 67.9 Å². The van der Waals surface area contributed by atoms with E-state index in [1.165, 1.54) is 6.42 Å². The standard InChI is InChI=1S/C22H32N2O4/c1-4-16-7-5-6-12-24(16)22(26)18-14-17(18)21(25)23-11-10-15-8-9-19(27-2)20(13-15)28-3/h8-9,13,16-18H,4-7,10-12,14H2,1-3H3,(H,23,25). The molecule has 0 bridgehead atoms. The summed E-state index contributed by atoms with van der Waals surface area (Å²) in [6.45, 7) is 3.54. The smallest absolute Gasteiger partial charge is 0.226 e. The number of nitrogens with zero attached hydrogens (tertiary/aromatic N) is 1. The van der Waals surface area contributed by atoms with Crippen LogP contribution in [0.1, 0.15) is 44.6 Å². The molecule has 1 saturated heterocycles. The molecule has 3 unspecified atom stereocenters. The summed E-state index contributed by atoms with van der Waals surface area (Å²) >= 11 is 0. The van der Waals surface area contributed by atoms with Crippen molar-refractivity contribution in [3.8, 4) is 11.5 Å². The second kappa shape index (κ2) is 9.30. The number of amides is 2. The van der Waals surface area contributed by atoms with Gasteiger partial charge in [0.2, 0.25) is 11.8 Å². The Morgan fingerprint density at radius 2 is 1.93 bits per heavy atom. The van der Waals surface area contributed by atoms with E-state index >= 15 is 0 Å². The summed E-state index contributed by atoms with van der Waals surface area (Å²) in [5.74, 6) is 1.30. The third-order valence-corrected chi connectivity index (χ3v) is 5.99. The molecule has 1 N–H and O–H groups in total. The Kier molecular flexibility index (Phi) is 6.81. The number of piperidine rings is 1. The first-order chi connectivity index (χ1) is 13.6. The van der Waals surface area contributed by atoms with Gasteiger partial charge in [-0.15, -0.1) is 0 Å². The second-order valence-electron chi connectivity index (χ2n) is 7.77. The molecule has 1 aliphatic carbocycles. The maximum atomic E-state index is 12.8. The van der Waals surface area contributed by atoms with Crippen molar-refractivity contribution >= 4 is 11.8 Å². The number of methoxy groups -OCH3 is 2. The van der Waals surface area contributed by atoms with Crippen molar-refractivity contribution in [2.75, 3.05) is 27.3 Å². The number of hydrogen-bond donors (Lipinski definition) is 1. The third kappa shape index (κ3) is 4.59. The minimum Gasteiger partial charge on any atom is -0.493 e. The van der Waals surface area contributed by atoms with E-state index in [9.17, 15) is 9.59 Å². The van der Waals surface area contributed by atoms with Crippen molar-refractivity contribution in [2.45, 2.75) is 51.5 Å². The SMILES string of the molecule is CCC1CCCCN1C(=O)C1CC1C(=O)NCCc1ccc(OC)c(OC)c1. The number of nitrogens with one attached hydrogen (secondary N) is 1. The van der Waals surface area contributed by atoms with Crippen LogP contribution in [0.4, 0.5) is 0 Å². The Hall–Kier alpha value is -2.24. The van der Waals surface area contributed by atoms with Gasteiger partial charge in [-0.05, 0) is 56.2 Å². The summed E-state index contributed by atoms with van der Waals surface area (Å²) in [5, 5.41) is 2.99. The van der Waals surface area contributed by atoms with E-state index in [0.29, 0.717) is 36.9 Å². The number of carbonyl (C=O) groups is 2. The zero-order valence-corrected chi connectivity index (χ0v) is 17.2. The molecule has 2 fully saturated rings. The van der Waals surface area contributed by atoms with Crippen LogP contribution in [0.2, 0.25) is 0 Å². The molecule has 2 aliphatic rings. The van der Waals surface area contributed by atoms with E-state index in [2.05, 4.69) is 12.2 Å². The highest BCUT2D eigenvalue weighted by molar-refractivity contribution is 5.92. The van der Waals surface area contributed by atoms with E-state index in [-0.39, 0.29) is 23.7 Å². The van der Waals surface area contributed by atoms with Crippen LogP contribution in [0.25, 0.3) is 0 Å². The molecule has 1 heterocycles. The van der Waals surface area contributed by atoms with E-state index < -0.39 is 0 Å². The lowest BCUT2D eigenvalue weighted by atomic mass is 9.99. The molecule has 0 spiro atoms. The van der Waals surface area contributed by atoms with Crippen LogP contribution in [0.3, 0.4) is 0 Å². The minimum absolute atomic E-state index is 0.00360. The fraction of sp³-hybridized carbons (Fsp3) is 0.636. The van der Waals surface area contributed by atoms with Gasteiger partial charge < -0.3 is 19.7 Å². The number of ether oxygens (including phenoxy) is 2. The van der Waals surface area contributed by atoms with Gasteiger partial charge in [0, 0.05) is 19.1 Å². The highest BCUT2D eigenvalue weighted by Gasteiger charge is 2.50. The Bertz CT molecular complexity index is 706. The Balaban J connectivity index is 1.46. The fourth-order valence-electron chi connectivity index (χ4n) is 4.18. The molecule has 3 atom stereocenters. The molecule has 1 saturated carbocycles. The van der Waals surface area contributed by atoms with Gasteiger partial charge in [0.25, 0.3) is 0 Å². The van der Waals surface area contributed by atoms with Gasteiger partial charge in [0.15, 0.2) is 11.5 Å². The zero-order chi connectivity index (χ0) is 20.1. The fourth-order valence-corrected chi connectivity index (χ4v) is 4.18. The number of likely N-dealkylation sites (tertiary alicyclic amines) is 1. The predicted molar refractivity (Wildman–Crippen MR) is 107 cm³/mol. The first-order valence-electron chi connectivity index (χ1n) is 10.4. The Labute approximate surface area is 167 Å². The first-order valence-corrected chi connectivity index (χ1v) is 10.4. The molecule has 1 aromatic carbocycles. The maximum absolute atomic E-state index is 12.8. The van der Waals surface area contributed by atoms with Crippen LogP contribution in [0, 0.1) is 11.8 Å². The summed E-state index contributed by atoms with van der Waals surface area (Å²) < 4.78 is 10.6. The van der Waals surface area contributed by atoms with Gasteiger partial charge in [-0.25, -0.2) is 0 Å². The average Bonchev–Trinajstić information content (AvgIpc) is 3.54. The van der Waals surface area contributed by atoms with E-state index in [1.807, 2.05) is 23.1 Å². The number of carbonyl (C=O) groups excluding carboxylic acids is 2. The lowest BCUT2D eigenvalue weighted by Gasteiger charge is -2.35. The summed E-state index contributed by atoms with van der Waals surface area (Å²) in [6, 6.07) is 6.12. The van der Waals surface area contributed by atoms with Crippen LogP contribution >= 0.6 is 0 Å². The van der Waals surface area contributed by atoms with Crippen LogP contribution < -0.4 is 14.8 Å². The largest absolute Gasteiger partial charge is 0.493 e. The quantitative estimate of drug-likeness (QED) is 0.744. The summed E-state index contributed by atoms with van der Waals surface area (Å²) in [7, 11) is 3.22. The monoisotopic (exact) mass is 388 g/mol. The maximum Gasteiger partial charge on any atom is 0.226 e. The van der Waals surface area contributed by atoms with Crippen molar-refractivity contribution in [1.82, 2.24) is 10.2 Å². The normalized spacial score (nSPS) is 23.8. The summed E-state index contributed by atoms with van der Waals surface area (Å²) in [6.07, 6.45) is 5.78. The van der Waals surface area contributed by atoms with Gasteiger partial charge in [-0.2, -0.15) is 0 Å². The molecule has 0 radical (unpaired) electrons. The molecule has 28 heavy (non-hydrogen) atoms. The first kappa shape index (κ1) is 20.5. The van der Waals surface area contributed by atoms with Gasteiger partial charge in [0.1, 0.15) is 0 Å². The van der Waals surface area contributed by atoms with E-state index in [0.717, 1.165) is 31.4 Å². The number of rotatable bonds is 8. The zero-order valence-electron chi connectivity index (χ0n) is 17.2. The molecular formula is C22H32N2O4. The lowest BCUT2D eigenvalue weighted by Crippen LogP contribution is -2.44. The summed E-state index contributed by atoms with van der Waals surface area (Å²) in [5.41, 5.74) is 1.07.